The molecule has 9 heteroatoms. The van der Waals surface area contributed by atoms with Gasteiger partial charge in [-0.2, -0.15) is 13.2 Å². The molecule has 0 atom stereocenters. The number of aliphatic imine (C=N–C) groups is 1. The van der Waals surface area contributed by atoms with Crippen LogP contribution < -0.4 is 16.4 Å². The second kappa shape index (κ2) is 7.47. The van der Waals surface area contributed by atoms with E-state index in [1.54, 1.807) is 12.1 Å². The Morgan fingerprint density at radius 1 is 1.54 bits per heavy atom. The quantitative estimate of drug-likeness (QED) is 0.568. The van der Waals surface area contributed by atoms with E-state index in [1.807, 2.05) is 0 Å². The first-order valence-electron chi connectivity index (χ1n) is 6.85. The highest BCUT2D eigenvalue weighted by molar-refractivity contribution is 5.76. The van der Waals surface area contributed by atoms with Crippen LogP contribution in [0.4, 0.5) is 23.8 Å². The number of allylic oxidation sites excluding steroid dienone is 1. The van der Waals surface area contributed by atoms with Crippen LogP contribution in [0.5, 0.6) is 0 Å². The maximum absolute atomic E-state index is 12.3. The van der Waals surface area contributed by atoms with Crippen molar-refractivity contribution in [2.24, 2.45) is 10.7 Å². The first kappa shape index (κ1) is 17.3. The largest absolute Gasteiger partial charge is 0.420 e. The van der Waals surface area contributed by atoms with Crippen LogP contribution >= 0.6 is 0 Å². The van der Waals surface area contributed by atoms with Gasteiger partial charge >= 0.3 is 12.2 Å². The van der Waals surface area contributed by atoms with Gasteiger partial charge in [0, 0.05) is 28.2 Å². The summed E-state index contributed by atoms with van der Waals surface area (Å²) >= 11 is 0. The van der Waals surface area contributed by atoms with E-state index in [-0.39, 0.29) is 21.5 Å². The van der Waals surface area contributed by atoms with E-state index in [0.29, 0.717) is 5.82 Å². The van der Waals surface area contributed by atoms with E-state index in [9.17, 15) is 18.0 Å². The van der Waals surface area contributed by atoms with Gasteiger partial charge in [-0.1, -0.05) is 5.73 Å². The maximum atomic E-state index is 12.3. The summed E-state index contributed by atoms with van der Waals surface area (Å²) in [4.78, 5) is 19.7. The molecule has 2 amide bonds. The van der Waals surface area contributed by atoms with Crippen LogP contribution in [0.25, 0.3) is 0 Å². The molecule has 6 nitrogen and oxygen atoms in total. The second-order valence-corrected chi connectivity index (χ2v) is 4.75. The minimum Gasteiger partial charge on any atom is -0.405 e. The highest BCUT2D eigenvalue weighted by Crippen LogP contribution is 2.33. The Bertz CT molecular complexity index is 756. The highest BCUT2D eigenvalue weighted by atomic mass is 19.4. The molecular weight excluding hydrogens is 323 g/mol. The number of nitrogens with two attached hydrogens (primary N) is 1. The van der Waals surface area contributed by atoms with E-state index in [1.165, 1.54) is 24.7 Å². The lowest BCUT2D eigenvalue weighted by Gasteiger charge is -2.18. The Morgan fingerprint density at radius 3 is 2.96 bits per heavy atom. The number of nitrogens with zero attached hydrogens (tertiary/aromatic N) is 2. The van der Waals surface area contributed by atoms with Crippen LogP contribution in [-0.2, 0) is 6.54 Å². The number of aromatic nitrogens is 1. The molecule has 0 bridgehead atoms. The molecule has 1 aliphatic carbocycles. The summed E-state index contributed by atoms with van der Waals surface area (Å²) in [7, 11) is 0. The molecule has 0 saturated heterocycles. The summed E-state index contributed by atoms with van der Waals surface area (Å²) < 4.78 is 36.8. The zero-order valence-corrected chi connectivity index (χ0v) is 12.4. The SMILES string of the molecule is N/C=C\C=Nc1cc(CNC(=O)NC2=C=C(C(F)(F)F)C2)ccn1.[HH].[HH]. The van der Waals surface area contributed by atoms with Crippen molar-refractivity contribution in [2.75, 3.05) is 0 Å². The van der Waals surface area contributed by atoms with Gasteiger partial charge in [-0.25, -0.2) is 14.8 Å². The Labute approximate surface area is 138 Å². The van der Waals surface area contributed by atoms with Crippen LogP contribution in [0.15, 0.2) is 52.6 Å². The molecule has 1 aromatic rings. The van der Waals surface area contributed by atoms with Gasteiger partial charge in [0.25, 0.3) is 0 Å². The zero-order chi connectivity index (χ0) is 17.6. The van der Waals surface area contributed by atoms with Crippen molar-refractivity contribution in [3.8, 4) is 0 Å². The fourth-order valence-corrected chi connectivity index (χ4v) is 1.76. The monoisotopic (exact) mass is 341 g/mol. The number of carbonyl (C=O) groups excluding carboxylic acids is 1. The summed E-state index contributed by atoms with van der Waals surface area (Å²) in [6.45, 7) is 0.173. The topological polar surface area (TPSA) is 92.4 Å². The molecular formula is C15H18F3N5O. The lowest BCUT2D eigenvalue weighted by molar-refractivity contribution is -0.0945. The van der Waals surface area contributed by atoms with Crippen molar-refractivity contribution in [1.29, 1.82) is 0 Å². The van der Waals surface area contributed by atoms with Crippen molar-refractivity contribution in [3.05, 3.63) is 53.2 Å². The third-order valence-corrected chi connectivity index (χ3v) is 2.93. The minimum atomic E-state index is -4.39. The van der Waals surface area contributed by atoms with E-state index < -0.39 is 17.8 Å². The number of alkyl halides is 3. The number of hydrogen-bond donors (Lipinski definition) is 3. The lowest BCUT2D eigenvalue weighted by Crippen LogP contribution is -2.36. The smallest absolute Gasteiger partial charge is 0.405 e. The summed E-state index contributed by atoms with van der Waals surface area (Å²) in [5.74, 6) is 0.437. The fraction of sp³-hybridized carbons (Fsp3) is 0.200. The Kier molecular flexibility index (Phi) is 5.39. The first-order valence-corrected chi connectivity index (χ1v) is 6.85. The van der Waals surface area contributed by atoms with E-state index in [0.717, 1.165) is 5.56 Å². The molecule has 1 aromatic heterocycles. The van der Waals surface area contributed by atoms with Gasteiger partial charge in [0.05, 0.1) is 11.3 Å². The minimum absolute atomic E-state index is 0. The molecule has 0 fully saturated rings. The van der Waals surface area contributed by atoms with Crippen molar-refractivity contribution >= 4 is 18.1 Å². The summed E-state index contributed by atoms with van der Waals surface area (Å²) in [5.41, 5.74) is 7.31. The predicted octanol–water partition coefficient (Wildman–Crippen LogP) is 2.92. The average Bonchev–Trinajstić information content (AvgIpc) is 2.48. The molecule has 4 N–H and O–H groups in total. The molecule has 0 aromatic carbocycles. The summed E-state index contributed by atoms with van der Waals surface area (Å²) in [6, 6.07) is 2.74. The number of nitrogens with one attached hydrogen (secondary N) is 2. The standard InChI is InChI=1S/C15H14F3N5O.2H2/c16-15(17,18)11-7-12(8-11)23-14(24)22-9-10-2-5-21-13(6-10)20-4-1-3-19;;/h1-6H,7,9,19H2,(H2,22,23,24);2*1H/b3-1-,20-4?;;. The number of rotatable bonds is 5. The van der Waals surface area contributed by atoms with Crippen molar-refractivity contribution in [1.82, 2.24) is 15.6 Å². The van der Waals surface area contributed by atoms with E-state index in [4.69, 9.17) is 5.73 Å². The Morgan fingerprint density at radius 2 is 2.29 bits per heavy atom. The van der Waals surface area contributed by atoms with Gasteiger partial charge in [0.1, 0.15) is 0 Å². The van der Waals surface area contributed by atoms with Gasteiger partial charge in [-0.15, -0.1) is 0 Å². The molecule has 0 radical (unpaired) electrons. The molecule has 1 heterocycles. The number of pyridine rings is 1. The number of urea groups is 1. The zero-order valence-electron chi connectivity index (χ0n) is 12.4. The number of halogens is 3. The molecule has 0 aliphatic heterocycles. The number of carbonyl (C=O) groups is 1. The van der Waals surface area contributed by atoms with Crippen molar-refractivity contribution in [2.45, 2.75) is 19.1 Å². The molecule has 2 rings (SSSR count). The highest BCUT2D eigenvalue weighted by Gasteiger charge is 2.37. The van der Waals surface area contributed by atoms with Crippen LogP contribution in [0.2, 0.25) is 0 Å². The fourth-order valence-electron chi connectivity index (χ4n) is 1.76. The normalized spacial score (nSPS) is 14.3. The average molecular weight is 341 g/mol. The molecule has 0 spiro atoms. The maximum Gasteiger partial charge on any atom is 0.420 e. The molecule has 1 aliphatic rings. The van der Waals surface area contributed by atoms with E-state index >= 15 is 0 Å². The van der Waals surface area contributed by atoms with Crippen LogP contribution in [-0.4, -0.2) is 23.4 Å². The molecule has 130 valence electrons. The Balaban J connectivity index is 0.00000312. The van der Waals surface area contributed by atoms with Gasteiger partial charge in [0.15, 0.2) is 5.82 Å². The molecule has 0 unspecified atom stereocenters. The van der Waals surface area contributed by atoms with Crippen molar-refractivity contribution in [3.63, 3.8) is 0 Å². The third-order valence-electron chi connectivity index (χ3n) is 2.93. The van der Waals surface area contributed by atoms with Gasteiger partial charge in [-0.3, -0.25) is 0 Å². The second-order valence-electron chi connectivity index (χ2n) is 4.75. The predicted molar refractivity (Wildman–Crippen MR) is 86.5 cm³/mol. The third kappa shape index (κ3) is 4.99. The number of hydrogen-bond acceptors (Lipinski definition) is 4. The van der Waals surface area contributed by atoms with Gasteiger partial charge in [0.2, 0.25) is 0 Å². The molecule has 24 heavy (non-hydrogen) atoms. The van der Waals surface area contributed by atoms with Gasteiger partial charge < -0.3 is 16.4 Å². The lowest BCUT2D eigenvalue weighted by atomic mass is 10.0. The number of amides is 2. The molecule has 0 saturated carbocycles. The van der Waals surface area contributed by atoms with Crippen LogP contribution in [0.3, 0.4) is 0 Å². The first-order chi connectivity index (χ1) is 11.4. The van der Waals surface area contributed by atoms with E-state index in [2.05, 4.69) is 26.3 Å². The van der Waals surface area contributed by atoms with Crippen LogP contribution in [0, 0.1) is 0 Å². The van der Waals surface area contributed by atoms with Crippen LogP contribution in [0.1, 0.15) is 14.8 Å². The van der Waals surface area contributed by atoms with Crippen molar-refractivity contribution < 1.29 is 20.8 Å². The summed E-state index contributed by atoms with van der Waals surface area (Å²) in [5, 5.41) is 4.84. The van der Waals surface area contributed by atoms with Gasteiger partial charge in [-0.05, 0) is 30.0 Å². The summed E-state index contributed by atoms with van der Waals surface area (Å²) in [6.07, 6.45) is 1.12. The Hall–Kier alpha value is -3.06.